The van der Waals surface area contributed by atoms with E-state index >= 15 is 0 Å². The molecule has 0 bridgehead atoms. The predicted octanol–water partition coefficient (Wildman–Crippen LogP) is 2.80. The molecule has 0 saturated carbocycles. The Morgan fingerprint density at radius 3 is 2.55 bits per heavy atom. The van der Waals surface area contributed by atoms with Crippen LogP contribution in [0, 0.1) is 0 Å². The Hall–Kier alpha value is -2.05. The highest BCUT2D eigenvalue weighted by molar-refractivity contribution is 5.96. The summed E-state index contributed by atoms with van der Waals surface area (Å²) >= 11 is 0. The molecule has 0 atom stereocenters. The number of ether oxygens (including phenoxy) is 1. The third kappa shape index (κ3) is 4.91. The maximum Gasteiger partial charge on any atom is 0.413 e. The van der Waals surface area contributed by atoms with Gasteiger partial charge in [-0.1, -0.05) is 13.3 Å². The summed E-state index contributed by atoms with van der Waals surface area (Å²) in [6.45, 7) is 7.20. The highest BCUT2D eigenvalue weighted by Gasteiger charge is 2.21. The van der Waals surface area contributed by atoms with Crippen molar-refractivity contribution in [2.24, 2.45) is 0 Å². The molecule has 3 N–H and O–H groups in total. The number of aromatic amines is 1. The fraction of sp³-hybridized carbons (Fsp3) is 0.615. The lowest BCUT2D eigenvalue weighted by atomic mass is 10.2. The first kappa shape index (κ1) is 16.0. The Balaban J connectivity index is 2.84. The molecule has 0 saturated heterocycles. The molecule has 1 aromatic heterocycles. The van der Waals surface area contributed by atoms with Crippen LogP contribution in [-0.2, 0) is 11.2 Å². The number of nitrogens with zero attached hydrogens (tertiary/aromatic N) is 1. The number of amides is 1. The van der Waals surface area contributed by atoms with Gasteiger partial charge in [0, 0.05) is 6.42 Å². The van der Waals surface area contributed by atoms with Gasteiger partial charge in [0.15, 0.2) is 11.5 Å². The van der Waals surface area contributed by atoms with E-state index in [9.17, 15) is 9.59 Å². The topological polar surface area (TPSA) is 104 Å². The average molecular weight is 283 g/mol. The highest BCUT2D eigenvalue weighted by Crippen LogP contribution is 2.16. The summed E-state index contributed by atoms with van der Waals surface area (Å²) < 4.78 is 5.07. The summed E-state index contributed by atoms with van der Waals surface area (Å²) in [5.74, 6) is -0.653. The second kappa shape index (κ2) is 6.40. The number of hydrogen-bond acceptors (Lipinski definition) is 4. The normalized spacial score (nSPS) is 11.2. The molecule has 0 unspecified atom stereocenters. The van der Waals surface area contributed by atoms with E-state index in [1.54, 1.807) is 20.8 Å². The number of H-pyrrole nitrogens is 1. The van der Waals surface area contributed by atoms with Gasteiger partial charge in [0.25, 0.3) is 0 Å². The summed E-state index contributed by atoms with van der Waals surface area (Å²) in [5, 5.41) is 11.4. The van der Waals surface area contributed by atoms with Crippen molar-refractivity contribution in [2.45, 2.75) is 52.6 Å². The molecule has 7 nitrogen and oxygen atoms in total. The number of aryl methyl sites for hydroxylation is 1. The van der Waals surface area contributed by atoms with Crippen molar-refractivity contribution in [1.29, 1.82) is 0 Å². The van der Waals surface area contributed by atoms with Gasteiger partial charge in [0.2, 0.25) is 0 Å². The Morgan fingerprint density at radius 1 is 1.40 bits per heavy atom. The number of carboxylic acids is 1. The second-order valence-electron chi connectivity index (χ2n) is 5.44. The number of nitrogens with one attached hydrogen (secondary N) is 2. The number of aromatic nitrogens is 2. The molecule has 1 rings (SSSR count). The fourth-order valence-corrected chi connectivity index (χ4v) is 1.53. The van der Waals surface area contributed by atoms with Gasteiger partial charge in [0.1, 0.15) is 11.4 Å². The maximum absolute atomic E-state index is 11.6. The number of hydrogen-bond donors (Lipinski definition) is 3. The maximum atomic E-state index is 11.6. The van der Waals surface area contributed by atoms with Crippen LogP contribution in [0.1, 0.15) is 56.8 Å². The Morgan fingerprint density at radius 2 is 2.05 bits per heavy atom. The van der Waals surface area contributed by atoms with Crippen LogP contribution >= 0.6 is 0 Å². The summed E-state index contributed by atoms with van der Waals surface area (Å²) in [6, 6.07) is 0. The van der Waals surface area contributed by atoms with Crippen LogP contribution in [0.4, 0.5) is 10.6 Å². The van der Waals surface area contributed by atoms with Gasteiger partial charge in [-0.15, -0.1) is 0 Å². The van der Waals surface area contributed by atoms with E-state index in [4.69, 9.17) is 9.84 Å². The smallest absolute Gasteiger partial charge is 0.413 e. The van der Waals surface area contributed by atoms with Crippen molar-refractivity contribution in [3.05, 3.63) is 11.5 Å². The minimum Gasteiger partial charge on any atom is -0.476 e. The molecule has 1 amide bonds. The van der Waals surface area contributed by atoms with E-state index in [-0.39, 0.29) is 11.5 Å². The number of unbranched alkanes of at least 4 members (excludes halogenated alkanes) is 1. The minimum atomic E-state index is -1.17. The number of carboxylic acid groups (broad SMARTS) is 1. The third-order valence-corrected chi connectivity index (χ3v) is 2.35. The fourth-order valence-electron chi connectivity index (χ4n) is 1.53. The zero-order valence-electron chi connectivity index (χ0n) is 12.2. The number of aromatic carboxylic acids is 1. The number of imidazole rings is 1. The second-order valence-corrected chi connectivity index (χ2v) is 5.44. The summed E-state index contributed by atoms with van der Waals surface area (Å²) in [4.78, 5) is 29.6. The van der Waals surface area contributed by atoms with Gasteiger partial charge in [-0.3, -0.25) is 5.32 Å². The molecule has 0 aliphatic carbocycles. The van der Waals surface area contributed by atoms with Crippen molar-refractivity contribution >= 4 is 17.9 Å². The van der Waals surface area contributed by atoms with Crippen LogP contribution in [0.2, 0.25) is 0 Å². The van der Waals surface area contributed by atoms with Gasteiger partial charge in [-0.05, 0) is 27.2 Å². The first-order chi connectivity index (χ1) is 9.23. The largest absolute Gasteiger partial charge is 0.476 e. The zero-order chi connectivity index (χ0) is 15.3. The van der Waals surface area contributed by atoms with E-state index in [0.29, 0.717) is 12.2 Å². The van der Waals surface area contributed by atoms with Gasteiger partial charge < -0.3 is 14.8 Å². The number of carbonyl (C=O) groups excluding carboxylic acids is 1. The van der Waals surface area contributed by atoms with E-state index in [0.717, 1.165) is 12.8 Å². The molecule has 112 valence electrons. The van der Waals surface area contributed by atoms with Crippen molar-refractivity contribution in [2.75, 3.05) is 5.32 Å². The monoisotopic (exact) mass is 283 g/mol. The lowest BCUT2D eigenvalue weighted by Crippen LogP contribution is -2.27. The van der Waals surface area contributed by atoms with Crippen LogP contribution in [0.3, 0.4) is 0 Å². The minimum absolute atomic E-state index is 0.0159. The number of anilines is 1. The van der Waals surface area contributed by atoms with Gasteiger partial charge in [-0.2, -0.15) is 0 Å². The van der Waals surface area contributed by atoms with Crippen molar-refractivity contribution in [1.82, 2.24) is 9.97 Å². The molecule has 7 heteroatoms. The van der Waals surface area contributed by atoms with Gasteiger partial charge in [-0.25, -0.2) is 14.6 Å². The van der Waals surface area contributed by atoms with Gasteiger partial charge in [0.05, 0.1) is 0 Å². The number of rotatable bonds is 5. The molecular weight excluding hydrogens is 262 g/mol. The van der Waals surface area contributed by atoms with Crippen LogP contribution in [-0.4, -0.2) is 32.7 Å². The van der Waals surface area contributed by atoms with E-state index < -0.39 is 17.7 Å². The molecular formula is C13H21N3O4. The summed E-state index contributed by atoms with van der Waals surface area (Å²) in [5.41, 5.74) is -0.795. The van der Waals surface area contributed by atoms with Crippen LogP contribution in [0.25, 0.3) is 0 Å². The Bertz CT molecular complexity index is 488. The molecule has 1 heterocycles. The lowest BCUT2D eigenvalue weighted by Gasteiger charge is -2.19. The van der Waals surface area contributed by atoms with Crippen LogP contribution in [0.5, 0.6) is 0 Å². The molecule has 20 heavy (non-hydrogen) atoms. The SMILES string of the molecule is CCCCc1nc(NC(=O)OC(C)(C)C)c(C(=O)O)[nH]1. The molecule has 0 aliphatic rings. The standard InChI is InChI=1S/C13H21N3O4/c1-5-6-7-8-14-9(11(17)18)10(15-8)16-12(19)20-13(2,3)4/h5-7H2,1-4H3,(H,14,15)(H,16,19)(H,17,18). The van der Waals surface area contributed by atoms with E-state index in [2.05, 4.69) is 15.3 Å². The first-order valence-electron chi connectivity index (χ1n) is 6.55. The molecule has 0 aromatic carbocycles. The summed E-state index contributed by atoms with van der Waals surface area (Å²) in [6.07, 6.45) is 1.76. The van der Waals surface area contributed by atoms with Crippen molar-refractivity contribution in [3.63, 3.8) is 0 Å². The van der Waals surface area contributed by atoms with Crippen molar-refractivity contribution in [3.8, 4) is 0 Å². The van der Waals surface area contributed by atoms with Gasteiger partial charge >= 0.3 is 12.1 Å². The molecule has 0 radical (unpaired) electrons. The molecule has 0 spiro atoms. The highest BCUT2D eigenvalue weighted by atomic mass is 16.6. The first-order valence-corrected chi connectivity index (χ1v) is 6.55. The zero-order valence-corrected chi connectivity index (χ0v) is 12.2. The van der Waals surface area contributed by atoms with Crippen molar-refractivity contribution < 1.29 is 19.4 Å². The molecule has 0 fully saturated rings. The van der Waals surface area contributed by atoms with E-state index in [1.165, 1.54) is 0 Å². The third-order valence-electron chi connectivity index (χ3n) is 2.35. The quantitative estimate of drug-likeness (QED) is 0.770. The van der Waals surface area contributed by atoms with E-state index in [1.807, 2.05) is 6.92 Å². The number of carbonyl (C=O) groups is 2. The Labute approximate surface area is 117 Å². The Kier molecular flexibility index (Phi) is 5.12. The van der Waals surface area contributed by atoms with Crippen LogP contribution < -0.4 is 5.32 Å². The predicted molar refractivity (Wildman–Crippen MR) is 74.0 cm³/mol. The lowest BCUT2D eigenvalue weighted by molar-refractivity contribution is 0.0635. The van der Waals surface area contributed by atoms with Crippen LogP contribution in [0.15, 0.2) is 0 Å². The molecule has 1 aromatic rings. The molecule has 0 aliphatic heterocycles. The summed E-state index contributed by atoms with van der Waals surface area (Å²) in [7, 11) is 0. The average Bonchev–Trinajstić information content (AvgIpc) is 2.66.